The number of piperazine rings is 1. The van der Waals surface area contributed by atoms with Crippen LogP contribution in [-0.4, -0.2) is 73.1 Å². The molecule has 5 heteroatoms. The zero-order valence-electron chi connectivity index (χ0n) is 13.4. The summed E-state index contributed by atoms with van der Waals surface area (Å²) < 4.78 is 0. The van der Waals surface area contributed by atoms with Crippen molar-refractivity contribution in [2.45, 2.75) is 51.2 Å². The number of hydrogen-bond acceptors (Lipinski definition) is 4. The van der Waals surface area contributed by atoms with E-state index in [0.717, 1.165) is 38.8 Å². The van der Waals surface area contributed by atoms with Gasteiger partial charge in [-0.15, -0.1) is 0 Å². The van der Waals surface area contributed by atoms with Gasteiger partial charge in [-0.2, -0.15) is 0 Å². The third-order valence-electron chi connectivity index (χ3n) is 4.84. The molecule has 5 nitrogen and oxygen atoms in total. The first-order valence-corrected chi connectivity index (χ1v) is 7.89. The highest BCUT2D eigenvalue weighted by molar-refractivity contribution is 5.85. The van der Waals surface area contributed by atoms with E-state index in [9.17, 15) is 4.79 Å². The van der Waals surface area contributed by atoms with E-state index in [2.05, 4.69) is 34.4 Å². The maximum Gasteiger partial charge on any atom is 0.240 e. The Labute approximate surface area is 123 Å². The minimum Gasteiger partial charge on any atom is -0.353 e. The molecule has 0 aromatic heterocycles. The molecule has 20 heavy (non-hydrogen) atoms. The summed E-state index contributed by atoms with van der Waals surface area (Å²) in [5.41, 5.74) is -0.417. The maximum atomic E-state index is 12.5. The number of rotatable bonds is 6. The molecule has 1 heterocycles. The number of amides is 1. The normalized spacial score (nSPS) is 22.9. The van der Waals surface area contributed by atoms with Crippen LogP contribution in [0.25, 0.3) is 0 Å². The second-order valence-corrected chi connectivity index (χ2v) is 6.75. The average Bonchev–Trinajstić information content (AvgIpc) is 3.29. The van der Waals surface area contributed by atoms with Crippen molar-refractivity contribution in [1.29, 1.82) is 0 Å². The van der Waals surface area contributed by atoms with Crippen molar-refractivity contribution in [3.63, 3.8) is 0 Å². The second-order valence-electron chi connectivity index (χ2n) is 6.75. The first-order valence-electron chi connectivity index (χ1n) is 7.89. The Balaban J connectivity index is 1.80. The van der Waals surface area contributed by atoms with Crippen LogP contribution in [0.15, 0.2) is 0 Å². The predicted octanol–water partition coefficient (Wildman–Crippen LogP) is 0.269. The molecular weight excluding hydrogens is 252 g/mol. The topological polar surface area (TPSA) is 47.6 Å². The molecule has 1 atom stereocenters. The minimum atomic E-state index is -0.417. The van der Waals surface area contributed by atoms with E-state index < -0.39 is 5.54 Å². The minimum absolute atomic E-state index is 0.149. The quantitative estimate of drug-likeness (QED) is 0.734. The first-order chi connectivity index (χ1) is 9.43. The molecule has 2 fully saturated rings. The van der Waals surface area contributed by atoms with Crippen molar-refractivity contribution in [3.8, 4) is 0 Å². The second kappa shape index (κ2) is 6.41. The Hall–Kier alpha value is -0.650. The van der Waals surface area contributed by atoms with Crippen LogP contribution in [0.1, 0.15) is 33.6 Å². The number of nitrogens with zero attached hydrogens (tertiary/aromatic N) is 2. The molecule has 1 saturated heterocycles. The monoisotopic (exact) mass is 282 g/mol. The van der Waals surface area contributed by atoms with Crippen LogP contribution in [0.4, 0.5) is 0 Å². The Bertz CT molecular complexity index is 335. The highest BCUT2D eigenvalue weighted by atomic mass is 16.2. The van der Waals surface area contributed by atoms with Gasteiger partial charge in [0.25, 0.3) is 0 Å². The zero-order chi connectivity index (χ0) is 14.8. The van der Waals surface area contributed by atoms with Crippen LogP contribution < -0.4 is 10.6 Å². The van der Waals surface area contributed by atoms with Crippen LogP contribution in [0, 0.1) is 0 Å². The van der Waals surface area contributed by atoms with Gasteiger partial charge in [0.2, 0.25) is 5.91 Å². The number of carbonyl (C=O) groups excluding carboxylic acids is 1. The van der Waals surface area contributed by atoms with Crippen LogP contribution in [0.3, 0.4) is 0 Å². The molecule has 1 amide bonds. The van der Waals surface area contributed by atoms with Gasteiger partial charge >= 0.3 is 0 Å². The molecule has 2 N–H and O–H groups in total. The molecule has 1 unspecified atom stereocenters. The fourth-order valence-electron chi connectivity index (χ4n) is 2.81. The molecule has 0 bridgehead atoms. The fourth-order valence-corrected chi connectivity index (χ4v) is 2.81. The lowest BCUT2D eigenvalue weighted by Crippen LogP contribution is -2.60. The Morgan fingerprint density at radius 2 is 2.00 bits per heavy atom. The smallest absolute Gasteiger partial charge is 0.240 e. The van der Waals surface area contributed by atoms with Crippen molar-refractivity contribution in [3.05, 3.63) is 0 Å². The molecular formula is C15H30N4O. The molecule has 2 aliphatic rings. The molecule has 0 aromatic rings. The van der Waals surface area contributed by atoms with Crippen LogP contribution in [0.5, 0.6) is 0 Å². The van der Waals surface area contributed by atoms with Crippen LogP contribution in [0.2, 0.25) is 0 Å². The van der Waals surface area contributed by atoms with Crippen molar-refractivity contribution in [1.82, 2.24) is 20.4 Å². The maximum absolute atomic E-state index is 12.5. The van der Waals surface area contributed by atoms with Gasteiger partial charge in [0.05, 0.1) is 5.54 Å². The summed E-state index contributed by atoms with van der Waals surface area (Å²) in [7, 11) is 2.16. The summed E-state index contributed by atoms with van der Waals surface area (Å²) in [5.74, 6) is 0.149. The van der Waals surface area contributed by atoms with Gasteiger partial charge < -0.3 is 10.6 Å². The SMILES string of the molecule is CC(CNC(=O)C(C)(C)N1CCNCC1)N(C)C1CC1. The molecule has 0 spiro atoms. The Kier molecular flexibility index (Phi) is 5.04. The highest BCUT2D eigenvalue weighted by Gasteiger charge is 2.35. The predicted molar refractivity (Wildman–Crippen MR) is 81.8 cm³/mol. The van der Waals surface area contributed by atoms with E-state index in [4.69, 9.17) is 0 Å². The summed E-state index contributed by atoms with van der Waals surface area (Å²) >= 11 is 0. The molecule has 1 aliphatic carbocycles. The van der Waals surface area contributed by atoms with E-state index >= 15 is 0 Å². The lowest BCUT2D eigenvalue weighted by Gasteiger charge is -2.40. The van der Waals surface area contributed by atoms with E-state index in [0.29, 0.717) is 6.04 Å². The van der Waals surface area contributed by atoms with Gasteiger partial charge in [-0.3, -0.25) is 14.6 Å². The number of nitrogens with one attached hydrogen (secondary N) is 2. The number of carbonyl (C=O) groups is 1. The molecule has 1 saturated carbocycles. The van der Waals surface area contributed by atoms with Crippen molar-refractivity contribution < 1.29 is 4.79 Å². The summed E-state index contributed by atoms with van der Waals surface area (Å²) in [6.07, 6.45) is 2.61. The standard InChI is InChI=1S/C15H30N4O/c1-12(18(4)13-5-6-13)11-17-14(20)15(2,3)19-9-7-16-8-10-19/h12-13,16H,5-11H2,1-4H3,(H,17,20). The molecule has 2 rings (SSSR count). The van der Waals surface area contributed by atoms with Gasteiger partial charge in [0.15, 0.2) is 0 Å². The lowest BCUT2D eigenvalue weighted by atomic mass is 10.0. The van der Waals surface area contributed by atoms with Crippen molar-refractivity contribution >= 4 is 5.91 Å². The van der Waals surface area contributed by atoms with Gasteiger partial charge in [0, 0.05) is 44.8 Å². The molecule has 0 radical (unpaired) electrons. The van der Waals surface area contributed by atoms with Gasteiger partial charge in [0.1, 0.15) is 0 Å². The third-order valence-corrected chi connectivity index (χ3v) is 4.84. The third kappa shape index (κ3) is 3.71. The lowest BCUT2D eigenvalue weighted by molar-refractivity contribution is -0.132. The molecule has 1 aliphatic heterocycles. The Morgan fingerprint density at radius 1 is 1.40 bits per heavy atom. The van der Waals surface area contributed by atoms with Gasteiger partial charge in [-0.25, -0.2) is 0 Å². The summed E-state index contributed by atoms with van der Waals surface area (Å²) in [5, 5.41) is 6.47. The summed E-state index contributed by atoms with van der Waals surface area (Å²) in [6, 6.07) is 1.15. The van der Waals surface area contributed by atoms with Gasteiger partial charge in [-0.05, 0) is 40.7 Å². The van der Waals surface area contributed by atoms with E-state index in [1.807, 2.05) is 13.8 Å². The molecule has 0 aromatic carbocycles. The van der Waals surface area contributed by atoms with Crippen LogP contribution >= 0.6 is 0 Å². The van der Waals surface area contributed by atoms with Crippen molar-refractivity contribution in [2.24, 2.45) is 0 Å². The average molecular weight is 282 g/mol. The van der Waals surface area contributed by atoms with E-state index in [1.165, 1.54) is 12.8 Å². The van der Waals surface area contributed by atoms with Gasteiger partial charge in [-0.1, -0.05) is 0 Å². The van der Waals surface area contributed by atoms with Crippen molar-refractivity contribution in [2.75, 3.05) is 39.8 Å². The zero-order valence-corrected chi connectivity index (χ0v) is 13.4. The Morgan fingerprint density at radius 3 is 2.55 bits per heavy atom. The number of likely N-dealkylation sites (N-methyl/N-ethyl adjacent to an activating group) is 1. The molecule has 116 valence electrons. The summed E-state index contributed by atoms with van der Waals surface area (Å²) in [6.45, 7) is 10.8. The summed E-state index contributed by atoms with van der Waals surface area (Å²) in [4.78, 5) is 17.1. The van der Waals surface area contributed by atoms with E-state index in [1.54, 1.807) is 0 Å². The largest absolute Gasteiger partial charge is 0.353 e. The fraction of sp³-hybridized carbons (Fsp3) is 0.933. The first kappa shape index (κ1) is 15.7. The number of hydrogen-bond donors (Lipinski definition) is 2. The highest BCUT2D eigenvalue weighted by Crippen LogP contribution is 2.26. The van der Waals surface area contributed by atoms with E-state index in [-0.39, 0.29) is 5.91 Å². The van der Waals surface area contributed by atoms with Crippen LogP contribution in [-0.2, 0) is 4.79 Å².